The molecule has 0 fully saturated rings. The Kier molecular flexibility index (Phi) is 5.13. The quantitative estimate of drug-likeness (QED) is 0.770. The molecule has 0 aromatic heterocycles. The highest BCUT2D eigenvalue weighted by Gasteiger charge is 2.23. The van der Waals surface area contributed by atoms with Gasteiger partial charge < -0.3 is 5.73 Å². The minimum Gasteiger partial charge on any atom is -0.399 e. The van der Waals surface area contributed by atoms with E-state index in [1.807, 2.05) is 26.0 Å². The predicted molar refractivity (Wildman–Crippen MR) is 74.2 cm³/mol. The minimum absolute atomic E-state index is 0.261. The van der Waals surface area contributed by atoms with E-state index in [4.69, 9.17) is 5.73 Å². The summed E-state index contributed by atoms with van der Waals surface area (Å²) in [5.41, 5.74) is 7.21. The standard InChI is InChI=1S/C12H21N3O2S/c1-4-8-14-18(16,17)15(3)10(2)11-6-5-7-12(13)9-11/h5-7,9-10,14H,4,8,13H2,1-3H3. The van der Waals surface area contributed by atoms with E-state index in [0.717, 1.165) is 12.0 Å². The van der Waals surface area contributed by atoms with Gasteiger partial charge in [0.2, 0.25) is 0 Å². The van der Waals surface area contributed by atoms with Crippen molar-refractivity contribution in [2.24, 2.45) is 0 Å². The van der Waals surface area contributed by atoms with Crippen LogP contribution in [0.25, 0.3) is 0 Å². The van der Waals surface area contributed by atoms with Crippen LogP contribution in [0.5, 0.6) is 0 Å². The Morgan fingerprint density at radius 3 is 2.67 bits per heavy atom. The van der Waals surface area contributed by atoms with Crippen molar-refractivity contribution in [2.45, 2.75) is 26.3 Å². The molecule has 0 saturated heterocycles. The summed E-state index contributed by atoms with van der Waals surface area (Å²) in [6, 6.07) is 6.99. The molecule has 0 aliphatic heterocycles. The van der Waals surface area contributed by atoms with Crippen LogP contribution < -0.4 is 10.5 Å². The zero-order chi connectivity index (χ0) is 13.8. The van der Waals surface area contributed by atoms with E-state index in [1.54, 1.807) is 19.2 Å². The average molecular weight is 271 g/mol. The first kappa shape index (κ1) is 14.9. The Morgan fingerprint density at radius 2 is 2.11 bits per heavy atom. The second kappa shape index (κ2) is 6.17. The number of nitrogens with two attached hydrogens (primary N) is 1. The van der Waals surface area contributed by atoms with Crippen LogP contribution in [0.3, 0.4) is 0 Å². The van der Waals surface area contributed by atoms with E-state index in [-0.39, 0.29) is 6.04 Å². The van der Waals surface area contributed by atoms with Gasteiger partial charge in [0.1, 0.15) is 0 Å². The van der Waals surface area contributed by atoms with Crippen LogP contribution in [0.1, 0.15) is 31.9 Å². The molecule has 18 heavy (non-hydrogen) atoms. The summed E-state index contributed by atoms with van der Waals surface area (Å²) in [5.74, 6) is 0. The van der Waals surface area contributed by atoms with E-state index in [2.05, 4.69) is 4.72 Å². The molecule has 5 nitrogen and oxygen atoms in total. The number of anilines is 1. The van der Waals surface area contributed by atoms with E-state index in [1.165, 1.54) is 4.31 Å². The Labute approximate surface area is 109 Å². The van der Waals surface area contributed by atoms with E-state index in [9.17, 15) is 8.42 Å². The van der Waals surface area contributed by atoms with Crippen molar-refractivity contribution in [3.8, 4) is 0 Å². The van der Waals surface area contributed by atoms with Crippen LogP contribution in [0.2, 0.25) is 0 Å². The first-order chi connectivity index (χ1) is 8.38. The number of hydrogen-bond donors (Lipinski definition) is 2. The second-order valence-electron chi connectivity index (χ2n) is 4.26. The molecule has 0 spiro atoms. The lowest BCUT2D eigenvalue weighted by Crippen LogP contribution is -2.39. The largest absolute Gasteiger partial charge is 0.399 e. The van der Waals surface area contributed by atoms with Gasteiger partial charge in [0.25, 0.3) is 10.2 Å². The summed E-state index contributed by atoms with van der Waals surface area (Å²) in [7, 11) is -1.88. The Balaban J connectivity index is 2.87. The topological polar surface area (TPSA) is 75.4 Å². The van der Waals surface area contributed by atoms with Crippen LogP contribution in [0.4, 0.5) is 5.69 Å². The SMILES string of the molecule is CCCNS(=O)(=O)N(C)C(C)c1cccc(N)c1. The lowest BCUT2D eigenvalue weighted by atomic mass is 10.1. The third-order valence-corrected chi connectivity index (χ3v) is 4.50. The van der Waals surface area contributed by atoms with Gasteiger partial charge in [0.05, 0.1) is 0 Å². The minimum atomic E-state index is -3.44. The molecule has 1 aromatic rings. The molecule has 0 heterocycles. The maximum Gasteiger partial charge on any atom is 0.279 e. The van der Waals surface area contributed by atoms with Crippen molar-refractivity contribution >= 4 is 15.9 Å². The first-order valence-electron chi connectivity index (χ1n) is 5.96. The lowest BCUT2D eigenvalue weighted by Gasteiger charge is -2.24. The molecule has 0 bridgehead atoms. The van der Waals surface area contributed by atoms with Gasteiger partial charge in [-0.1, -0.05) is 19.1 Å². The zero-order valence-electron chi connectivity index (χ0n) is 11.1. The number of nitrogen functional groups attached to an aromatic ring is 1. The van der Waals surface area contributed by atoms with Crippen molar-refractivity contribution in [1.29, 1.82) is 0 Å². The highest BCUT2D eigenvalue weighted by molar-refractivity contribution is 7.87. The van der Waals surface area contributed by atoms with Gasteiger partial charge in [-0.15, -0.1) is 0 Å². The average Bonchev–Trinajstić information content (AvgIpc) is 2.34. The maximum atomic E-state index is 12.0. The van der Waals surface area contributed by atoms with Gasteiger partial charge in [-0.05, 0) is 31.0 Å². The van der Waals surface area contributed by atoms with Gasteiger partial charge in [-0.25, -0.2) is 4.72 Å². The molecule has 1 unspecified atom stereocenters. The highest BCUT2D eigenvalue weighted by atomic mass is 32.2. The van der Waals surface area contributed by atoms with Gasteiger partial charge >= 0.3 is 0 Å². The monoisotopic (exact) mass is 271 g/mol. The normalized spacial score (nSPS) is 13.8. The summed E-state index contributed by atoms with van der Waals surface area (Å²) in [6.07, 6.45) is 0.764. The Morgan fingerprint density at radius 1 is 1.44 bits per heavy atom. The molecule has 102 valence electrons. The Hall–Kier alpha value is -1.11. The van der Waals surface area contributed by atoms with Crippen LogP contribution >= 0.6 is 0 Å². The van der Waals surface area contributed by atoms with Crippen molar-refractivity contribution in [3.05, 3.63) is 29.8 Å². The molecule has 0 aliphatic carbocycles. The number of rotatable bonds is 6. The third kappa shape index (κ3) is 3.69. The number of benzene rings is 1. The van der Waals surface area contributed by atoms with Gasteiger partial charge in [0.15, 0.2) is 0 Å². The summed E-state index contributed by atoms with van der Waals surface area (Å²) < 4.78 is 27.8. The van der Waals surface area contributed by atoms with Gasteiger partial charge in [-0.2, -0.15) is 12.7 Å². The summed E-state index contributed by atoms with van der Waals surface area (Å²) in [4.78, 5) is 0. The fraction of sp³-hybridized carbons (Fsp3) is 0.500. The zero-order valence-corrected chi connectivity index (χ0v) is 11.9. The van der Waals surface area contributed by atoms with Crippen molar-refractivity contribution < 1.29 is 8.42 Å². The molecule has 0 aliphatic rings. The molecule has 1 atom stereocenters. The lowest BCUT2D eigenvalue weighted by molar-refractivity contribution is 0.391. The summed E-state index contributed by atoms with van der Waals surface area (Å²) in [5, 5.41) is 0. The van der Waals surface area contributed by atoms with Crippen LogP contribution in [-0.4, -0.2) is 26.3 Å². The smallest absolute Gasteiger partial charge is 0.279 e. The van der Waals surface area contributed by atoms with E-state index in [0.29, 0.717) is 12.2 Å². The fourth-order valence-corrected chi connectivity index (χ4v) is 2.77. The maximum absolute atomic E-state index is 12.0. The van der Waals surface area contributed by atoms with Crippen LogP contribution in [0, 0.1) is 0 Å². The summed E-state index contributed by atoms with van der Waals surface area (Å²) >= 11 is 0. The predicted octanol–water partition coefficient (Wildman–Crippen LogP) is 1.51. The molecule has 0 amide bonds. The number of nitrogens with one attached hydrogen (secondary N) is 1. The van der Waals surface area contributed by atoms with E-state index >= 15 is 0 Å². The summed E-state index contributed by atoms with van der Waals surface area (Å²) in [6.45, 7) is 4.19. The molecule has 1 rings (SSSR count). The Bertz CT molecular complexity index is 488. The molecule has 3 N–H and O–H groups in total. The molecular formula is C12H21N3O2S. The molecule has 0 radical (unpaired) electrons. The van der Waals surface area contributed by atoms with Gasteiger partial charge in [-0.3, -0.25) is 0 Å². The number of nitrogens with zero attached hydrogens (tertiary/aromatic N) is 1. The first-order valence-corrected chi connectivity index (χ1v) is 7.40. The van der Waals surface area contributed by atoms with Crippen LogP contribution in [-0.2, 0) is 10.2 Å². The van der Waals surface area contributed by atoms with Gasteiger partial charge in [0, 0.05) is 25.3 Å². The van der Waals surface area contributed by atoms with Crippen molar-refractivity contribution in [3.63, 3.8) is 0 Å². The molecule has 0 saturated carbocycles. The third-order valence-electron chi connectivity index (χ3n) is 2.85. The van der Waals surface area contributed by atoms with Crippen molar-refractivity contribution in [1.82, 2.24) is 9.03 Å². The fourth-order valence-electron chi connectivity index (χ4n) is 1.57. The molecule has 6 heteroatoms. The van der Waals surface area contributed by atoms with E-state index < -0.39 is 10.2 Å². The second-order valence-corrected chi connectivity index (χ2v) is 6.08. The molecule has 1 aromatic carbocycles. The van der Waals surface area contributed by atoms with Crippen molar-refractivity contribution in [2.75, 3.05) is 19.3 Å². The molecular weight excluding hydrogens is 250 g/mol. The highest BCUT2D eigenvalue weighted by Crippen LogP contribution is 2.22. The number of hydrogen-bond acceptors (Lipinski definition) is 3. The van der Waals surface area contributed by atoms with Crippen LogP contribution in [0.15, 0.2) is 24.3 Å².